The molecule has 0 aromatic heterocycles. The van der Waals surface area contributed by atoms with E-state index in [0.717, 1.165) is 16.4 Å². The van der Waals surface area contributed by atoms with Crippen molar-refractivity contribution >= 4 is 27.4 Å². The number of carbonyl (C=O) groups is 1. The summed E-state index contributed by atoms with van der Waals surface area (Å²) in [7, 11) is -3.98. The van der Waals surface area contributed by atoms with Crippen LogP contribution < -0.4 is 4.31 Å². The van der Waals surface area contributed by atoms with Crippen molar-refractivity contribution in [3.05, 3.63) is 76.9 Å². The summed E-state index contributed by atoms with van der Waals surface area (Å²) in [4.78, 5) is 21.8. The largest absolute Gasteiger partial charge is 0.462 e. The minimum absolute atomic E-state index is 0.0158. The van der Waals surface area contributed by atoms with Crippen molar-refractivity contribution in [2.75, 3.05) is 17.5 Å². The second-order valence-electron chi connectivity index (χ2n) is 5.34. The summed E-state index contributed by atoms with van der Waals surface area (Å²) < 4.78 is 31.9. The van der Waals surface area contributed by atoms with Crippen LogP contribution in [0.4, 0.5) is 11.4 Å². The number of nitro benzene ring substituents is 1. The number of nitro groups is 1. The Bertz CT molecular complexity index is 937. The topological polar surface area (TPSA) is 107 Å². The summed E-state index contributed by atoms with van der Waals surface area (Å²) in [6, 6.07) is 10.5. The number of esters is 1. The number of hydrogen-bond acceptors (Lipinski definition) is 6. The Balaban J connectivity index is 2.39. The van der Waals surface area contributed by atoms with E-state index in [4.69, 9.17) is 4.74 Å². The number of carbonyl (C=O) groups excluding carboxylic acids is 1. The van der Waals surface area contributed by atoms with Gasteiger partial charge < -0.3 is 4.74 Å². The molecule has 0 aliphatic carbocycles. The van der Waals surface area contributed by atoms with E-state index in [9.17, 15) is 23.3 Å². The molecule has 2 aromatic carbocycles. The molecule has 9 heteroatoms. The van der Waals surface area contributed by atoms with Crippen LogP contribution in [-0.4, -0.2) is 32.5 Å². The summed E-state index contributed by atoms with van der Waals surface area (Å²) >= 11 is 0. The molecule has 0 saturated heterocycles. The molecule has 2 aromatic rings. The van der Waals surface area contributed by atoms with Gasteiger partial charge in [0.15, 0.2) is 0 Å². The van der Waals surface area contributed by atoms with Crippen LogP contribution in [-0.2, 0) is 14.8 Å². The van der Waals surface area contributed by atoms with E-state index in [1.807, 2.05) is 0 Å². The maximum atomic E-state index is 12.9. The van der Waals surface area contributed by atoms with Crippen molar-refractivity contribution < 1.29 is 22.9 Å². The second kappa shape index (κ2) is 8.45. The standard InChI is InChI=1S/C18H18N2O6S/c1-3-13-19(15-7-5-14(6-8-15)18(21)26-4-2)27(24,25)17-11-9-16(10-12-17)20(22)23/h3,5-12H,1,4,13H2,2H3. The third-order valence-corrected chi connectivity index (χ3v) is 5.40. The van der Waals surface area contributed by atoms with Crippen molar-refractivity contribution in [1.82, 2.24) is 0 Å². The molecule has 0 saturated carbocycles. The lowest BCUT2D eigenvalue weighted by Gasteiger charge is -2.23. The van der Waals surface area contributed by atoms with Gasteiger partial charge in [0.05, 0.1) is 34.2 Å². The molecule has 0 heterocycles. The van der Waals surface area contributed by atoms with Gasteiger partial charge in [0.2, 0.25) is 0 Å². The van der Waals surface area contributed by atoms with Crippen molar-refractivity contribution in [3.63, 3.8) is 0 Å². The first-order chi connectivity index (χ1) is 12.8. The minimum atomic E-state index is -3.98. The van der Waals surface area contributed by atoms with Crippen LogP contribution in [0.2, 0.25) is 0 Å². The number of benzene rings is 2. The Morgan fingerprint density at radius 3 is 2.26 bits per heavy atom. The quantitative estimate of drug-likeness (QED) is 0.297. The van der Waals surface area contributed by atoms with E-state index in [1.165, 1.54) is 42.5 Å². The highest BCUT2D eigenvalue weighted by atomic mass is 32.2. The fourth-order valence-corrected chi connectivity index (χ4v) is 3.74. The van der Waals surface area contributed by atoms with Crippen LogP contribution in [0, 0.1) is 10.1 Å². The first kappa shape index (κ1) is 20.1. The monoisotopic (exact) mass is 390 g/mol. The predicted octanol–water partition coefficient (Wildman–Crippen LogP) is 3.15. The molecule has 0 unspecified atom stereocenters. The first-order valence-electron chi connectivity index (χ1n) is 7.96. The molecule has 0 bridgehead atoms. The molecule has 27 heavy (non-hydrogen) atoms. The number of rotatable bonds is 8. The molecule has 8 nitrogen and oxygen atoms in total. The minimum Gasteiger partial charge on any atom is -0.462 e. The van der Waals surface area contributed by atoms with E-state index in [1.54, 1.807) is 6.92 Å². The van der Waals surface area contributed by atoms with E-state index in [0.29, 0.717) is 11.3 Å². The van der Waals surface area contributed by atoms with Gasteiger partial charge in [0, 0.05) is 12.1 Å². The molecule has 0 atom stereocenters. The number of sulfonamides is 1. The van der Waals surface area contributed by atoms with Crippen LogP contribution >= 0.6 is 0 Å². The number of anilines is 1. The molecule has 0 aliphatic rings. The summed E-state index contributed by atoms with van der Waals surface area (Å²) in [5.74, 6) is -0.502. The van der Waals surface area contributed by atoms with Crippen LogP contribution in [0.5, 0.6) is 0 Å². The number of hydrogen-bond donors (Lipinski definition) is 0. The highest BCUT2D eigenvalue weighted by molar-refractivity contribution is 7.92. The maximum Gasteiger partial charge on any atom is 0.338 e. The molecular formula is C18H18N2O6S. The molecule has 0 aliphatic heterocycles. The van der Waals surface area contributed by atoms with Crippen LogP contribution in [0.15, 0.2) is 66.1 Å². The smallest absolute Gasteiger partial charge is 0.338 e. The van der Waals surface area contributed by atoms with Gasteiger partial charge in [-0.25, -0.2) is 13.2 Å². The average Bonchev–Trinajstić information content (AvgIpc) is 2.66. The Labute approximate surface area is 156 Å². The SMILES string of the molecule is C=CCN(c1ccc(C(=O)OCC)cc1)S(=O)(=O)c1ccc([N+](=O)[O-])cc1. The Morgan fingerprint density at radius 1 is 1.19 bits per heavy atom. The molecule has 0 N–H and O–H groups in total. The lowest BCUT2D eigenvalue weighted by molar-refractivity contribution is -0.384. The molecule has 142 valence electrons. The molecular weight excluding hydrogens is 372 g/mol. The molecule has 2 rings (SSSR count). The van der Waals surface area contributed by atoms with Gasteiger partial charge in [-0.05, 0) is 43.3 Å². The summed E-state index contributed by atoms with van der Waals surface area (Å²) in [6.45, 7) is 5.48. The van der Waals surface area contributed by atoms with Crippen molar-refractivity contribution in [3.8, 4) is 0 Å². The molecule has 0 fully saturated rings. The Morgan fingerprint density at radius 2 is 1.78 bits per heavy atom. The predicted molar refractivity (Wildman–Crippen MR) is 100 cm³/mol. The van der Waals surface area contributed by atoms with Crippen molar-refractivity contribution in [2.45, 2.75) is 11.8 Å². The summed E-state index contributed by atoms with van der Waals surface area (Å²) in [5, 5.41) is 10.7. The molecule has 0 spiro atoms. The van der Waals surface area contributed by atoms with Crippen LogP contribution in [0.1, 0.15) is 17.3 Å². The molecule has 0 amide bonds. The maximum absolute atomic E-state index is 12.9. The fourth-order valence-electron chi connectivity index (χ4n) is 2.30. The van der Waals surface area contributed by atoms with Crippen LogP contribution in [0.3, 0.4) is 0 Å². The lowest BCUT2D eigenvalue weighted by Crippen LogP contribution is -2.31. The zero-order valence-electron chi connectivity index (χ0n) is 14.6. The molecule has 0 radical (unpaired) electrons. The summed E-state index contributed by atoms with van der Waals surface area (Å²) in [6.07, 6.45) is 1.42. The Hall–Kier alpha value is -3.20. The normalized spacial score (nSPS) is 10.9. The van der Waals surface area contributed by atoms with Gasteiger partial charge in [0.1, 0.15) is 0 Å². The Kier molecular flexibility index (Phi) is 6.30. The third kappa shape index (κ3) is 4.50. The number of ether oxygens (including phenoxy) is 1. The fraction of sp³-hybridized carbons (Fsp3) is 0.167. The van der Waals surface area contributed by atoms with Crippen LogP contribution in [0.25, 0.3) is 0 Å². The van der Waals surface area contributed by atoms with Gasteiger partial charge in [0.25, 0.3) is 15.7 Å². The number of non-ortho nitro benzene ring substituents is 1. The van der Waals surface area contributed by atoms with E-state index in [2.05, 4.69) is 6.58 Å². The van der Waals surface area contributed by atoms with Gasteiger partial charge in [-0.2, -0.15) is 0 Å². The van der Waals surface area contributed by atoms with Gasteiger partial charge in [-0.15, -0.1) is 6.58 Å². The average molecular weight is 390 g/mol. The van der Waals surface area contributed by atoms with E-state index in [-0.39, 0.29) is 23.7 Å². The van der Waals surface area contributed by atoms with E-state index < -0.39 is 20.9 Å². The van der Waals surface area contributed by atoms with Crippen molar-refractivity contribution in [2.24, 2.45) is 0 Å². The highest BCUT2D eigenvalue weighted by Crippen LogP contribution is 2.25. The van der Waals surface area contributed by atoms with Gasteiger partial charge in [-0.1, -0.05) is 6.08 Å². The summed E-state index contributed by atoms with van der Waals surface area (Å²) in [5.41, 5.74) is 0.413. The zero-order chi connectivity index (χ0) is 20.0. The second-order valence-corrected chi connectivity index (χ2v) is 7.21. The lowest BCUT2D eigenvalue weighted by atomic mass is 10.2. The van der Waals surface area contributed by atoms with E-state index >= 15 is 0 Å². The first-order valence-corrected chi connectivity index (χ1v) is 9.40. The zero-order valence-corrected chi connectivity index (χ0v) is 15.4. The highest BCUT2D eigenvalue weighted by Gasteiger charge is 2.25. The van der Waals surface area contributed by atoms with Gasteiger partial charge >= 0.3 is 5.97 Å². The third-order valence-electron chi connectivity index (χ3n) is 3.60. The van der Waals surface area contributed by atoms with Gasteiger partial charge in [-0.3, -0.25) is 14.4 Å². The number of nitrogens with zero attached hydrogens (tertiary/aromatic N) is 2. The van der Waals surface area contributed by atoms with Crippen molar-refractivity contribution in [1.29, 1.82) is 0 Å².